The summed E-state index contributed by atoms with van der Waals surface area (Å²) in [4.78, 5) is 23.5. The molecule has 0 aliphatic rings. The van der Waals surface area contributed by atoms with Crippen molar-refractivity contribution in [3.63, 3.8) is 0 Å². The van der Waals surface area contributed by atoms with Gasteiger partial charge in [0.2, 0.25) is 5.91 Å². The number of carbonyl (C=O) groups excluding carboxylic acids is 2. The smallest absolute Gasteiger partial charge is 0.352 e. The maximum absolute atomic E-state index is 12.5. The van der Waals surface area contributed by atoms with Gasteiger partial charge in [-0.3, -0.25) is 4.79 Å². The molecule has 1 aromatic rings. The molecule has 0 heterocycles. The van der Waals surface area contributed by atoms with Gasteiger partial charge in [-0.1, -0.05) is 19.1 Å². The molecule has 0 aliphatic heterocycles. The SMILES string of the molecule is CC[C@H](C)NC(=O)[C@@H](C)NC(=O)NCc1ccc(C(F)(F)F)cc1. The van der Waals surface area contributed by atoms with Crippen molar-refractivity contribution in [2.75, 3.05) is 0 Å². The molecule has 3 N–H and O–H groups in total. The minimum atomic E-state index is -4.39. The van der Waals surface area contributed by atoms with Crippen molar-refractivity contribution in [3.8, 4) is 0 Å². The van der Waals surface area contributed by atoms with Gasteiger partial charge in [0.15, 0.2) is 0 Å². The van der Waals surface area contributed by atoms with Crippen LogP contribution in [0.25, 0.3) is 0 Å². The molecule has 0 aliphatic carbocycles. The first-order valence-electron chi connectivity index (χ1n) is 7.64. The highest BCUT2D eigenvalue weighted by molar-refractivity contribution is 5.86. The molecule has 1 rings (SSSR count). The van der Waals surface area contributed by atoms with E-state index in [4.69, 9.17) is 0 Å². The van der Waals surface area contributed by atoms with Gasteiger partial charge in [-0.2, -0.15) is 13.2 Å². The third-order valence-corrected chi connectivity index (χ3v) is 3.48. The molecule has 2 atom stereocenters. The molecule has 1 aromatic carbocycles. The van der Waals surface area contributed by atoms with Gasteiger partial charge in [-0.25, -0.2) is 4.79 Å². The highest BCUT2D eigenvalue weighted by Gasteiger charge is 2.29. The molecule has 3 amide bonds. The van der Waals surface area contributed by atoms with E-state index in [-0.39, 0.29) is 18.5 Å². The van der Waals surface area contributed by atoms with Gasteiger partial charge in [0.05, 0.1) is 5.56 Å². The predicted molar refractivity (Wildman–Crippen MR) is 84.2 cm³/mol. The number of hydrogen-bond acceptors (Lipinski definition) is 2. The minimum Gasteiger partial charge on any atom is -0.352 e. The first-order chi connectivity index (χ1) is 11.1. The maximum atomic E-state index is 12.5. The fraction of sp³-hybridized carbons (Fsp3) is 0.500. The van der Waals surface area contributed by atoms with Crippen LogP contribution in [0, 0.1) is 0 Å². The highest BCUT2D eigenvalue weighted by Crippen LogP contribution is 2.28. The average Bonchev–Trinajstić information content (AvgIpc) is 2.52. The number of amides is 3. The molecule has 0 unspecified atom stereocenters. The lowest BCUT2D eigenvalue weighted by Crippen LogP contribution is -2.49. The molecule has 0 spiro atoms. The number of carbonyl (C=O) groups is 2. The van der Waals surface area contributed by atoms with Crippen LogP contribution in [0.3, 0.4) is 0 Å². The molecule has 5 nitrogen and oxygen atoms in total. The van der Waals surface area contributed by atoms with Crippen molar-refractivity contribution in [1.29, 1.82) is 0 Å². The summed E-state index contributed by atoms with van der Waals surface area (Å²) >= 11 is 0. The Morgan fingerprint density at radius 3 is 2.17 bits per heavy atom. The zero-order valence-corrected chi connectivity index (χ0v) is 13.8. The number of hydrogen-bond donors (Lipinski definition) is 3. The summed E-state index contributed by atoms with van der Waals surface area (Å²) < 4.78 is 37.4. The molecule has 134 valence electrons. The van der Waals surface area contributed by atoms with E-state index in [2.05, 4.69) is 16.0 Å². The summed E-state index contributed by atoms with van der Waals surface area (Å²) in [6.07, 6.45) is -3.61. The number of benzene rings is 1. The van der Waals surface area contributed by atoms with Gasteiger partial charge in [-0.15, -0.1) is 0 Å². The lowest BCUT2D eigenvalue weighted by molar-refractivity contribution is -0.137. The van der Waals surface area contributed by atoms with Crippen molar-refractivity contribution in [1.82, 2.24) is 16.0 Å². The molecule has 0 aromatic heterocycles. The van der Waals surface area contributed by atoms with Crippen LogP contribution in [-0.2, 0) is 17.5 Å². The largest absolute Gasteiger partial charge is 0.416 e. The molecule has 24 heavy (non-hydrogen) atoms. The monoisotopic (exact) mass is 345 g/mol. The summed E-state index contributed by atoms with van der Waals surface area (Å²) in [5.74, 6) is -0.297. The van der Waals surface area contributed by atoms with Crippen molar-refractivity contribution in [2.45, 2.75) is 52.0 Å². The molecule has 0 bridgehead atoms. The van der Waals surface area contributed by atoms with Crippen LogP contribution >= 0.6 is 0 Å². The van der Waals surface area contributed by atoms with Gasteiger partial charge in [0.25, 0.3) is 0 Å². The van der Waals surface area contributed by atoms with Crippen LogP contribution in [-0.4, -0.2) is 24.0 Å². The lowest BCUT2D eigenvalue weighted by atomic mass is 10.1. The number of nitrogens with one attached hydrogen (secondary N) is 3. The van der Waals surface area contributed by atoms with Gasteiger partial charge in [0.1, 0.15) is 6.04 Å². The zero-order chi connectivity index (χ0) is 18.3. The second-order valence-corrected chi connectivity index (χ2v) is 5.56. The van der Waals surface area contributed by atoms with E-state index < -0.39 is 23.8 Å². The first-order valence-corrected chi connectivity index (χ1v) is 7.64. The second-order valence-electron chi connectivity index (χ2n) is 5.56. The van der Waals surface area contributed by atoms with E-state index in [0.29, 0.717) is 5.56 Å². The summed E-state index contributed by atoms with van der Waals surface area (Å²) in [5.41, 5.74) is -0.221. The third kappa shape index (κ3) is 6.47. The minimum absolute atomic E-state index is 0.0111. The van der Waals surface area contributed by atoms with Crippen LogP contribution in [0.5, 0.6) is 0 Å². The topological polar surface area (TPSA) is 70.2 Å². The second kappa shape index (κ2) is 8.56. The lowest BCUT2D eigenvalue weighted by Gasteiger charge is -2.17. The molecule has 0 radical (unpaired) electrons. The number of rotatable bonds is 6. The van der Waals surface area contributed by atoms with Gasteiger partial charge in [-0.05, 0) is 38.0 Å². The Kier molecular flexibility index (Phi) is 7.06. The number of alkyl halides is 3. The van der Waals surface area contributed by atoms with Crippen molar-refractivity contribution in [2.24, 2.45) is 0 Å². The molecule has 0 saturated heterocycles. The quantitative estimate of drug-likeness (QED) is 0.742. The van der Waals surface area contributed by atoms with Crippen molar-refractivity contribution < 1.29 is 22.8 Å². The summed E-state index contributed by atoms with van der Waals surface area (Å²) in [6, 6.07) is 3.23. The van der Waals surface area contributed by atoms with Crippen molar-refractivity contribution >= 4 is 11.9 Å². The Morgan fingerprint density at radius 2 is 1.67 bits per heavy atom. The van der Waals surface area contributed by atoms with E-state index in [0.717, 1.165) is 18.6 Å². The van der Waals surface area contributed by atoms with Gasteiger partial charge >= 0.3 is 12.2 Å². The fourth-order valence-corrected chi connectivity index (χ4v) is 1.78. The van der Waals surface area contributed by atoms with Crippen LogP contribution in [0.2, 0.25) is 0 Å². The van der Waals surface area contributed by atoms with Crippen LogP contribution in [0.4, 0.5) is 18.0 Å². The molecule has 8 heteroatoms. The van der Waals surface area contributed by atoms with Crippen LogP contribution < -0.4 is 16.0 Å². The van der Waals surface area contributed by atoms with E-state index in [1.807, 2.05) is 13.8 Å². The summed E-state index contributed by atoms with van der Waals surface area (Å²) in [6.45, 7) is 5.40. The number of halogens is 3. The Labute approximate surface area is 139 Å². The predicted octanol–water partition coefficient (Wildman–Crippen LogP) is 2.81. The Balaban J connectivity index is 2.44. The molecular weight excluding hydrogens is 323 g/mol. The standard InChI is InChI=1S/C16H22F3N3O2/c1-4-10(2)21-14(23)11(3)22-15(24)20-9-12-5-7-13(8-6-12)16(17,18)19/h5-8,10-11H,4,9H2,1-3H3,(H,21,23)(H2,20,22,24)/t10-,11+/m0/s1. The van der Waals surface area contributed by atoms with Crippen LogP contribution in [0.15, 0.2) is 24.3 Å². The zero-order valence-electron chi connectivity index (χ0n) is 13.8. The summed E-state index contributed by atoms with van der Waals surface area (Å²) in [7, 11) is 0. The van der Waals surface area contributed by atoms with Crippen LogP contribution in [0.1, 0.15) is 38.3 Å². The maximum Gasteiger partial charge on any atom is 0.416 e. The number of urea groups is 1. The Morgan fingerprint density at radius 1 is 1.08 bits per heavy atom. The van der Waals surface area contributed by atoms with E-state index >= 15 is 0 Å². The van der Waals surface area contributed by atoms with E-state index in [1.54, 1.807) is 6.92 Å². The average molecular weight is 345 g/mol. The summed E-state index contributed by atoms with van der Waals surface area (Å²) in [5, 5.41) is 7.71. The van der Waals surface area contributed by atoms with E-state index in [9.17, 15) is 22.8 Å². The highest BCUT2D eigenvalue weighted by atomic mass is 19.4. The third-order valence-electron chi connectivity index (χ3n) is 3.48. The molecular formula is C16H22F3N3O2. The fourth-order valence-electron chi connectivity index (χ4n) is 1.78. The first kappa shape index (κ1) is 19.8. The van der Waals surface area contributed by atoms with Gasteiger partial charge < -0.3 is 16.0 Å². The van der Waals surface area contributed by atoms with Gasteiger partial charge in [0, 0.05) is 12.6 Å². The Hall–Kier alpha value is -2.25. The molecule has 0 saturated carbocycles. The molecule has 0 fully saturated rings. The van der Waals surface area contributed by atoms with Crippen molar-refractivity contribution in [3.05, 3.63) is 35.4 Å². The van der Waals surface area contributed by atoms with E-state index in [1.165, 1.54) is 12.1 Å². The Bertz CT molecular complexity index is 559. The normalized spacial score (nSPS) is 13.8.